The summed E-state index contributed by atoms with van der Waals surface area (Å²) in [4.78, 5) is 12.0. The largest absolute Gasteiger partial charge is 0.383 e. The van der Waals surface area contributed by atoms with Crippen LogP contribution in [0.2, 0.25) is 0 Å². The van der Waals surface area contributed by atoms with E-state index in [-0.39, 0.29) is 5.56 Å². The Kier molecular flexibility index (Phi) is 9.24. The van der Waals surface area contributed by atoms with Crippen LogP contribution in [0, 0.1) is 0 Å². The van der Waals surface area contributed by atoms with Crippen LogP contribution in [0.25, 0.3) is 0 Å². The van der Waals surface area contributed by atoms with Gasteiger partial charge in [-0.3, -0.25) is 4.79 Å². The molecule has 0 amide bonds. The van der Waals surface area contributed by atoms with Gasteiger partial charge in [0.1, 0.15) is 4.47 Å². The number of ether oxygens (including phenoxy) is 3. The number of anilines is 1. The molecule has 7 nitrogen and oxygen atoms in total. The summed E-state index contributed by atoms with van der Waals surface area (Å²) in [5, 5.41) is 7.26. The molecule has 0 aliphatic carbocycles. The van der Waals surface area contributed by atoms with E-state index in [1.54, 1.807) is 20.4 Å². The van der Waals surface area contributed by atoms with Crippen LogP contribution in [0.3, 0.4) is 0 Å². The number of halogens is 1. The Morgan fingerprint density at radius 3 is 2.71 bits per heavy atom. The van der Waals surface area contributed by atoms with E-state index in [4.69, 9.17) is 14.2 Å². The van der Waals surface area contributed by atoms with E-state index in [1.807, 2.05) is 0 Å². The van der Waals surface area contributed by atoms with Gasteiger partial charge in [0.15, 0.2) is 0 Å². The van der Waals surface area contributed by atoms with Gasteiger partial charge in [-0.15, -0.1) is 0 Å². The van der Waals surface area contributed by atoms with Crippen LogP contribution in [0.15, 0.2) is 15.5 Å². The fourth-order valence-corrected chi connectivity index (χ4v) is 2.01. The molecular weight excluding hydrogens is 342 g/mol. The predicted molar refractivity (Wildman–Crippen MR) is 83.9 cm³/mol. The first-order valence-electron chi connectivity index (χ1n) is 6.75. The second-order valence-corrected chi connectivity index (χ2v) is 5.07. The molecule has 0 saturated carbocycles. The maximum Gasteiger partial charge on any atom is 0.283 e. The molecule has 1 rings (SSSR count). The van der Waals surface area contributed by atoms with Crippen molar-refractivity contribution in [3.05, 3.63) is 21.0 Å². The molecule has 1 heterocycles. The quantitative estimate of drug-likeness (QED) is 0.593. The van der Waals surface area contributed by atoms with Gasteiger partial charge in [0.2, 0.25) is 0 Å². The van der Waals surface area contributed by atoms with Gasteiger partial charge in [-0.25, -0.2) is 4.68 Å². The standard InChI is InChI=1S/C13H22BrN3O4/c1-19-7-5-17-13(18)12(14)11(10-16-17)15-4-3-6-21-9-8-20-2/h10,15H,3-9H2,1-2H3. The number of aromatic nitrogens is 2. The average Bonchev–Trinajstić information content (AvgIpc) is 2.49. The van der Waals surface area contributed by atoms with Crippen LogP contribution in [0.4, 0.5) is 5.69 Å². The molecule has 1 aromatic heterocycles. The summed E-state index contributed by atoms with van der Waals surface area (Å²) in [6.45, 7) is 3.42. The zero-order valence-electron chi connectivity index (χ0n) is 12.4. The highest BCUT2D eigenvalue weighted by molar-refractivity contribution is 9.10. The van der Waals surface area contributed by atoms with Crippen molar-refractivity contribution in [2.45, 2.75) is 13.0 Å². The van der Waals surface area contributed by atoms with Gasteiger partial charge in [0.05, 0.1) is 38.2 Å². The Balaban J connectivity index is 2.38. The minimum atomic E-state index is -0.173. The summed E-state index contributed by atoms with van der Waals surface area (Å²) in [6, 6.07) is 0. The lowest BCUT2D eigenvalue weighted by Crippen LogP contribution is -2.26. The van der Waals surface area contributed by atoms with Gasteiger partial charge in [-0.1, -0.05) is 0 Å². The van der Waals surface area contributed by atoms with Crippen molar-refractivity contribution < 1.29 is 14.2 Å². The smallest absolute Gasteiger partial charge is 0.283 e. The predicted octanol–water partition coefficient (Wildman–Crippen LogP) is 1.12. The van der Waals surface area contributed by atoms with Crippen molar-refractivity contribution in [2.75, 3.05) is 52.5 Å². The monoisotopic (exact) mass is 363 g/mol. The summed E-state index contributed by atoms with van der Waals surface area (Å²) in [7, 11) is 3.23. The maximum absolute atomic E-state index is 12.0. The molecule has 0 radical (unpaired) electrons. The molecule has 0 unspecified atom stereocenters. The molecule has 0 fully saturated rings. The van der Waals surface area contributed by atoms with Gasteiger partial charge in [-0.05, 0) is 22.4 Å². The molecule has 1 aromatic rings. The van der Waals surface area contributed by atoms with E-state index < -0.39 is 0 Å². The lowest BCUT2D eigenvalue weighted by molar-refractivity contribution is 0.0705. The fraction of sp³-hybridized carbons (Fsp3) is 0.692. The minimum absolute atomic E-state index is 0.173. The zero-order valence-corrected chi connectivity index (χ0v) is 14.0. The minimum Gasteiger partial charge on any atom is -0.383 e. The molecule has 21 heavy (non-hydrogen) atoms. The SMILES string of the molecule is COCCOCCCNc1cnn(CCOC)c(=O)c1Br. The first-order valence-corrected chi connectivity index (χ1v) is 7.55. The average molecular weight is 364 g/mol. The van der Waals surface area contributed by atoms with Gasteiger partial charge in [-0.2, -0.15) is 5.10 Å². The first-order chi connectivity index (χ1) is 10.2. The van der Waals surface area contributed by atoms with Crippen molar-refractivity contribution in [3.8, 4) is 0 Å². The molecule has 0 atom stereocenters. The molecule has 0 aromatic carbocycles. The lowest BCUT2D eigenvalue weighted by Gasteiger charge is -2.10. The highest BCUT2D eigenvalue weighted by atomic mass is 79.9. The highest BCUT2D eigenvalue weighted by Crippen LogP contribution is 2.15. The molecule has 0 aliphatic heterocycles. The zero-order chi connectivity index (χ0) is 15.5. The summed E-state index contributed by atoms with van der Waals surface area (Å²) < 4.78 is 17.0. The number of rotatable bonds is 11. The van der Waals surface area contributed by atoms with E-state index >= 15 is 0 Å². The van der Waals surface area contributed by atoms with Crippen LogP contribution < -0.4 is 10.9 Å². The van der Waals surface area contributed by atoms with Gasteiger partial charge in [0.25, 0.3) is 5.56 Å². The molecule has 0 spiro atoms. The van der Waals surface area contributed by atoms with Gasteiger partial charge >= 0.3 is 0 Å². The summed E-state index contributed by atoms with van der Waals surface area (Å²) in [5.74, 6) is 0. The molecule has 0 saturated heterocycles. The number of hydrogen-bond donors (Lipinski definition) is 1. The Morgan fingerprint density at radius 1 is 1.24 bits per heavy atom. The maximum atomic E-state index is 12.0. The second kappa shape index (κ2) is 10.7. The third-order valence-corrected chi connectivity index (χ3v) is 3.47. The number of methoxy groups -OCH3 is 2. The fourth-order valence-electron chi connectivity index (χ4n) is 1.57. The number of hydrogen-bond acceptors (Lipinski definition) is 6. The van der Waals surface area contributed by atoms with Crippen molar-refractivity contribution in [3.63, 3.8) is 0 Å². The van der Waals surface area contributed by atoms with Crippen molar-refractivity contribution in [1.29, 1.82) is 0 Å². The number of nitrogens with one attached hydrogen (secondary N) is 1. The summed E-state index contributed by atoms with van der Waals surface area (Å²) in [5.41, 5.74) is 0.513. The molecule has 120 valence electrons. The second-order valence-electron chi connectivity index (χ2n) is 4.28. The Labute approximate surface area is 132 Å². The third-order valence-electron chi connectivity index (χ3n) is 2.70. The van der Waals surface area contributed by atoms with Crippen LogP contribution in [-0.2, 0) is 20.8 Å². The highest BCUT2D eigenvalue weighted by Gasteiger charge is 2.08. The summed E-state index contributed by atoms with van der Waals surface area (Å²) >= 11 is 3.30. The molecule has 1 N–H and O–H groups in total. The van der Waals surface area contributed by atoms with E-state index in [2.05, 4.69) is 26.3 Å². The lowest BCUT2D eigenvalue weighted by atomic mass is 10.4. The van der Waals surface area contributed by atoms with Crippen LogP contribution >= 0.6 is 15.9 Å². The molecular formula is C13H22BrN3O4. The third kappa shape index (κ3) is 6.56. The Hall–Kier alpha value is -0.960. The van der Waals surface area contributed by atoms with Gasteiger partial charge in [0, 0.05) is 27.4 Å². The Bertz CT molecular complexity index is 467. The summed E-state index contributed by atoms with van der Waals surface area (Å²) in [6.07, 6.45) is 2.47. The number of nitrogens with zero attached hydrogens (tertiary/aromatic N) is 2. The Morgan fingerprint density at radius 2 is 2.00 bits per heavy atom. The topological polar surface area (TPSA) is 74.6 Å². The van der Waals surface area contributed by atoms with Crippen LogP contribution in [0.1, 0.15) is 6.42 Å². The molecule has 0 aliphatic rings. The molecule has 0 bridgehead atoms. The normalized spacial score (nSPS) is 10.8. The van der Waals surface area contributed by atoms with E-state index in [1.165, 1.54) is 4.68 Å². The van der Waals surface area contributed by atoms with Crippen molar-refractivity contribution in [2.24, 2.45) is 0 Å². The first kappa shape index (κ1) is 18.1. The van der Waals surface area contributed by atoms with Crippen molar-refractivity contribution >= 4 is 21.6 Å². The van der Waals surface area contributed by atoms with Crippen LogP contribution in [-0.4, -0.2) is 57.0 Å². The van der Waals surface area contributed by atoms with Gasteiger partial charge < -0.3 is 19.5 Å². The van der Waals surface area contributed by atoms with E-state index in [0.29, 0.717) is 49.7 Å². The van der Waals surface area contributed by atoms with E-state index in [0.717, 1.165) is 6.42 Å². The van der Waals surface area contributed by atoms with E-state index in [9.17, 15) is 4.79 Å². The molecule has 8 heteroatoms. The van der Waals surface area contributed by atoms with Crippen molar-refractivity contribution in [1.82, 2.24) is 9.78 Å². The van der Waals surface area contributed by atoms with Crippen LogP contribution in [0.5, 0.6) is 0 Å².